The third kappa shape index (κ3) is 4.51. The summed E-state index contributed by atoms with van der Waals surface area (Å²) < 4.78 is 68.2. The number of benzene rings is 3. The van der Waals surface area contributed by atoms with E-state index >= 15 is 4.39 Å². The van der Waals surface area contributed by atoms with E-state index in [1.807, 2.05) is 0 Å². The van der Waals surface area contributed by atoms with Gasteiger partial charge in [0, 0.05) is 0 Å². The van der Waals surface area contributed by atoms with Crippen LogP contribution in [0.3, 0.4) is 0 Å². The lowest BCUT2D eigenvalue weighted by molar-refractivity contribution is 0.482. The Morgan fingerprint density at radius 3 is 1.47 bits per heavy atom. The van der Waals surface area contributed by atoms with Crippen LogP contribution in [0.25, 0.3) is 5.57 Å². The van der Waals surface area contributed by atoms with Crippen molar-refractivity contribution in [3.8, 4) is 0 Å². The Balaban J connectivity index is 2.14. The molecular formula is C22H20FNO4S2. The topological polar surface area (TPSA) is 71.5 Å². The minimum absolute atomic E-state index is 0.159. The van der Waals surface area contributed by atoms with E-state index in [1.54, 1.807) is 42.5 Å². The number of halogens is 1. The molecule has 3 aromatic rings. The first-order chi connectivity index (χ1) is 14.2. The third-order valence-electron chi connectivity index (χ3n) is 4.50. The van der Waals surface area contributed by atoms with Crippen LogP contribution in [0.1, 0.15) is 12.5 Å². The molecule has 0 aliphatic carbocycles. The minimum Gasteiger partial charge on any atom is -0.210 e. The number of sulfonamides is 2. The van der Waals surface area contributed by atoms with Crippen molar-refractivity contribution in [1.82, 2.24) is 3.71 Å². The third-order valence-corrected chi connectivity index (χ3v) is 8.74. The lowest BCUT2D eigenvalue weighted by atomic mass is 10.1. The van der Waals surface area contributed by atoms with Gasteiger partial charge in [-0.05, 0) is 42.3 Å². The molecule has 0 heterocycles. The first-order valence-electron chi connectivity index (χ1n) is 9.03. The molecule has 0 saturated carbocycles. The zero-order valence-corrected chi connectivity index (χ0v) is 17.8. The summed E-state index contributed by atoms with van der Waals surface area (Å²) in [5, 5.41) is 0. The van der Waals surface area contributed by atoms with Gasteiger partial charge < -0.3 is 0 Å². The zero-order valence-electron chi connectivity index (χ0n) is 16.1. The van der Waals surface area contributed by atoms with E-state index < -0.39 is 32.4 Å². The number of nitrogens with zero attached hydrogens (tertiary/aromatic N) is 1. The highest BCUT2D eigenvalue weighted by molar-refractivity contribution is 8.04. The van der Waals surface area contributed by atoms with Crippen molar-refractivity contribution < 1.29 is 21.2 Å². The van der Waals surface area contributed by atoms with Crippen molar-refractivity contribution >= 4 is 25.6 Å². The van der Waals surface area contributed by atoms with Crippen molar-refractivity contribution in [2.24, 2.45) is 0 Å². The van der Waals surface area contributed by atoms with E-state index in [0.717, 1.165) is 0 Å². The fourth-order valence-electron chi connectivity index (χ4n) is 2.80. The van der Waals surface area contributed by atoms with Crippen molar-refractivity contribution in [1.29, 1.82) is 0 Å². The second-order valence-corrected chi connectivity index (χ2v) is 10.4. The van der Waals surface area contributed by atoms with Crippen molar-refractivity contribution in [3.05, 3.63) is 102 Å². The van der Waals surface area contributed by atoms with Gasteiger partial charge in [0.2, 0.25) is 0 Å². The van der Waals surface area contributed by atoms with Crippen LogP contribution in [0.4, 0.5) is 4.39 Å². The molecule has 156 valence electrons. The largest absolute Gasteiger partial charge is 0.256 e. The molecule has 0 amide bonds. The molecule has 0 bridgehead atoms. The van der Waals surface area contributed by atoms with E-state index in [1.165, 1.54) is 55.5 Å². The molecule has 0 unspecified atom stereocenters. The van der Waals surface area contributed by atoms with Gasteiger partial charge in [0.15, 0.2) is 0 Å². The molecule has 5 nitrogen and oxygen atoms in total. The van der Waals surface area contributed by atoms with Gasteiger partial charge in [-0.3, -0.25) is 0 Å². The minimum atomic E-state index is -4.55. The number of allylic oxidation sites excluding steroid dienone is 1. The number of rotatable bonds is 7. The zero-order chi connectivity index (χ0) is 21.8. The van der Waals surface area contributed by atoms with Crippen molar-refractivity contribution in [2.45, 2.75) is 16.7 Å². The molecule has 0 fully saturated rings. The van der Waals surface area contributed by atoms with Gasteiger partial charge in [-0.25, -0.2) is 21.2 Å². The fourth-order valence-corrected chi connectivity index (χ4v) is 6.38. The molecule has 30 heavy (non-hydrogen) atoms. The van der Waals surface area contributed by atoms with Gasteiger partial charge in [0.25, 0.3) is 20.0 Å². The highest BCUT2D eigenvalue weighted by atomic mass is 32.3. The van der Waals surface area contributed by atoms with Gasteiger partial charge in [-0.15, -0.1) is 0 Å². The maximum atomic E-state index is 15.1. The van der Waals surface area contributed by atoms with Crippen LogP contribution in [0.5, 0.6) is 0 Å². The molecule has 0 atom stereocenters. The summed E-state index contributed by atoms with van der Waals surface area (Å²) in [4.78, 5) is -0.482. The van der Waals surface area contributed by atoms with Crippen molar-refractivity contribution in [2.75, 3.05) is 6.54 Å². The van der Waals surface area contributed by atoms with Gasteiger partial charge in [0.1, 0.15) is 5.83 Å². The summed E-state index contributed by atoms with van der Waals surface area (Å²) in [7, 11) is -9.09. The molecule has 0 spiro atoms. The van der Waals surface area contributed by atoms with Crippen molar-refractivity contribution in [3.63, 3.8) is 0 Å². The average Bonchev–Trinajstić information content (AvgIpc) is 2.78. The van der Waals surface area contributed by atoms with E-state index in [2.05, 4.69) is 0 Å². The first kappa shape index (κ1) is 21.9. The summed E-state index contributed by atoms with van der Waals surface area (Å²) in [5.74, 6) is -0.861. The second-order valence-electron chi connectivity index (χ2n) is 6.46. The van der Waals surface area contributed by atoms with E-state index in [0.29, 0.717) is 5.56 Å². The summed E-state index contributed by atoms with van der Waals surface area (Å²) in [6, 6.07) is 22.7. The van der Waals surface area contributed by atoms with Gasteiger partial charge in [0.05, 0.1) is 16.3 Å². The maximum absolute atomic E-state index is 15.1. The Kier molecular flexibility index (Phi) is 6.50. The Morgan fingerprint density at radius 2 is 1.07 bits per heavy atom. The quantitative estimate of drug-likeness (QED) is 0.538. The fraction of sp³-hybridized carbons (Fsp3) is 0.0909. The lowest BCUT2D eigenvalue weighted by Crippen LogP contribution is -2.38. The van der Waals surface area contributed by atoms with Crippen LogP contribution in [-0.2, 0) is 20.0 Å². The molecule has 0 saturated heterocycles. The van der Waals surface area contributed by atoms with Crippen LogP contribution in [0.15, 0.2) is 107 Å². The van der Waals surface area contributed by atoms with Crippen LogP contribution in [0, 0.1) is 0 Å². The predicted molar refractivity (Wildman–Crippen MR) is 114 cm³/mol. The molecule has 0 aliphatic heterocycles. The summed E-state index contributed by atoms with van der Waals surface area (Å²) in [6.45, 7) is 0.530. The number of hydrogen-bond acceptors (Lipinski definition) is 4. The van der Waals surface area contributed by atoms with Gasteiger partial charge >= 0.3 is 0 Å². The smallest absolute Gasteiger partial charge is 0.210 e. The van der Waals surface area contributed by atoms with Gasteiger partial charge in [-0.1, -0.05) is 70.4 Å². The Bertz CT molecular complexity index is 1170. The normalized spacial score (nSPS) is 13.2. The van der Waals surface area contributed by atoms with E-state index in [-0.39, 0.29) is 19.1 Å². The molecule has 8 heteroatoms. The maximum Gasteiger partial charge on any atom is 0.256 e. The highest BCUT2D eigenvalue weighted by Crippen LogP contribution is 2.28. The lowest BCUT2D eigenvalue weighted by Gasteiger charge is -2.22. The molecule has 0 aliphatic rings. The standard InChI is InChI=1S/C22H20FNO4S2/c1-18(19-11-5-2-6-12-19)22(23)17-24(29(25,26)20-13-7-3-8-14-20)30(27,28)21-15-9-4-10-16-21/h2-16H,17H2,1H3/b22-18+. The Hall–Kier alpha value is -2.81. The van der Waals surface area contributed by atoms with E-state index in [4.69, 9.17) is 0 Å². The molecule has 3 rings (SSSR count). The Labute approximate surface area is 176 Å². The van der Waals surface area contributed by atoms with Crippen LogP contribution >= 0.6 is 0 Å². The summed E-state index contributed by atoms with van der Waals surface area (Å²) in [6.07, 6.45) is 0. The van der Waals surface area contributed by atoms with E-state index in [9.17, 15) is 16.8 Å². The molecule has 0 aromatic heterocycles. The summed E-state index contributed by atoms with van der Waals surface area (Å²) >= 11 is 0. The van der Waals surface area contributed by atoms with Crippen LogP contribution in [-0.4, -0.2) is 27.1 Å². The average molecular weight is 446 g/mol. The SMILES string of the molecule is C/C(=C(\F)CN(S(=O)(=O)c1ccccc1)S(=O)(=O)c1ccccc1)c1ccccc1. The molecule has 3 aromatic carbocycles. The van der Waals surface area contributed by atoms with Gasteiger partial charge in [-0.2, -0.15) is 0 Å². The summed E-state index contributed by atoms with van der Waals surface area (Å²) in [5.41, 5.74) is 0.691. The molecule has 0 radical (unpaired) electrons. The van der Waals surface area contributed by atoms with Crippen LogP contribution in [0.2, 0.25) is 0 Å². The monoisotopic (exact) mass is 445 g/mol. The molecule has 0 N–H and O–H groups in total. The predicted octanol–water partition coefficient (Wildman–Crippen LogP) is 4.47. The molecular weight excluding hydrogens is 425 g/mol. The highest BCUT2D eigenvalue weighted by Gasteiger charge is 2.37. The first-order valence-corrected chi connectivity index (χ1v) is 11.9. The second kappa shape index (κ2) is 8.91. The Morgan fingerprint density at radius 1 is 0.700 bits per heavy atom. The number of hydrogen-bond donors (Lipinski definition) is 0. The van der Waals surface area contributed by atoms with Crippen LogP contribution < -0.4 is 0 Å².